The smallest absolute Gasteiger partial charge is 0.227 e. The van der Waals surface area contributed by atoms with Crippen LogP contribution in [0, 0.1) is 5.92 Å². The Hall–Kier alpha value is -3.31. The first-order chi connectivity index (χ1) is 14.7. The summed E-state index contributed by atoms with van der Waals surface area (Å²) in [5.41, 5.74) is 5.27. The average Bonchev–Trinajstić information content (AvgIpc) is 3.44. The lowest BCUT2D eigenvalue weighted by atomic mass is 9.95. The average molecular weight is 399 g/mol. The number of nitrogens with zero attached hydrogens (tertiary/aromatic N) is 1. The van der Waals surface area contributed by atoms with E-state index in [2.05, 4.69) is 39.5 Å². The van der Waals surface area contributed by atoms with Gasteiger partial charge in [-0.25, -0.2) is 0 Å². The van der Waals surface area contributed by atoms with E-state index in [-0.39, 0.29) is 11.8 Å². The van der Waals surface area contributed by atoms with Crippen molar-refractivity contribution in [2.75, 3.05) is 18.4 Å². The molecular weight excluding hydrogens is 374 g/mol. The highest BCUT2D eigenvalue weighted by atomic mass is 16.3. The van der Waals surface area contributed by atoms with E-state index in [1.54, 1.807) is 12.5 Å². The molecule has 1 fully saturated rings. The molecule has 30 heavy (non-hydrogen) atoms. The van der Waals surface area contributed by atoms with Gasteiger partial charge in [-0.3, -0.25) is 9.69 Å². The van der Waals surface area contributed by atoms with Crippen molar-refractivity contribution in [3.05, 3.63) is 78.8 Å². The van der Waals surface area contributed by atoms with E-state index in [4.69, 9.17) is 4.42 Å². The Kier molecular flexibility index (Phi) is 5.11. The van der Waals surface area contributed by atoms with Crippen LogP contribution in [0.3, 0.4) is 0 Å². The number of carbonyl (C=O) groups is 1. The number of aromatic amines is 1. The number of benzene rings is 2. The zero-order valence-corrected chi connectivity index (χ0v) is 16.8. The summed E-state index contributed by atoms with van der Waals surface area (Å²) in [4.78, 5) is 18.7. The van der Waals surface area contributed by atoms with Crippen LogP contribution in [0.5, 0.6) is 0 Å². The Morgan fingerprint density at radius 1 is 1.07 bits per heavy atom. The van der Waals surface area contributed by atoms with Crippen molar-refractivity contribution in [1.29, 1.82) is 0 Å². The maximum absolute atomic E-state index is 12.8. The van der Waals surface area contributed by atoms with Gasteiger partial charge in [0.2, 0.25) is 5.91 Å². The number of rotatable bonds is 5. The Morgan fingerprint density at radius 3 is 2.73 bits per heavy atom. The van der Waals surface area contributed by atoms with Crippen molar-refractivity contribution in [2.45, 2.75) is 19.4 Å². The Labute approximate surface area is 175 Å². The Balaban J connectivity index is 1.22. The number of carbonyl (C=O) groups excluding carboxylic acids is 1. The molecule has 5 heteroatoms. The van der Waals surface area contributed by atoms with Gasteiger partial charge < -0.3 is 14.7 Å². The van der Waals surface area contributed by atoms with Gasteiger partial charge in [0.15, 0.2) is 0 Å². The SMILES string of the molecule is O=C(Nc1cccc(-c2cc3ccccc3[nH]2)c1)C1CCN(Cc2ccoc2)CC1. The van der Waals surface area contributed by atoms with Crippen molar-refractivity contribution in [2.24, 2.45) is 5.92 Å². The zero-order valence-electron chi connectivity index (χ0n) is 16.8. The molecule has 152 valence electrons. The number of amides is 1. The van der Waals surface area contributed by atoms with Crippen LogP contribution in [-0.4, -0.2) is 28.9 Å². The summed E-state index contributed by atoms with van der Waals surface area (Å²) in [7, 11) is 0. The number of nitrogens with one attached hydrogen (secondary N) is 2. The Bertz CT molecular complexity index is 1110. The molecule has 0 saturated carbocycles. The lowest BCUT2D eigenvalue weighted by molar-refractivity contribution is -0.121. The molecule has 1 saturated heterocycles. The van der Waals surface area contributed by atoms with Gasteiger partial charge in [0.05, 0.1) is 12.5 Å². The number of piperidine rings is 1. The fourth-order valence-corrected chi connectivity index (χ4v) is 4.23. The summed E-state index contributed by atoms with van der Waals surface area (Å²) in [6.45, 7) is 2.74. The van der Waals surface area contributed by atoms with Crippen molar-refractivity contribution in [1.82, 2.24) is 9.88 Å². The van der Waals surface area contributed by atoms with Crippen molar-refractivity contribution < 1.29 is 9.21 Å². The highest BCUT2D eigenvalue weighted by Crippen LogP contribution is 2.27. The second-order valence-electron chi connectivity index (χ2n) is 8.02. The fraction of sp³-hybridized carbons (Fsp3) is 0.240. The third-order valence-electron chi connectivity index (χ3n) is 5.92. The van der Waals surface area contributed by atoms with Crippen molar-refractivity contribution >= 4 is 22.5 Å². The fourth-order valence-electron chi connectivity index (χ4n) is 4.23. The van der Waals surface area contributed by atoms with Crippen LogP contribution in [0.2, 0.25) is 0 Å². The van der Waals surface area contributed by atoms with Crippen LogP contribution in [0.15, 0.2) is 77.6 Å². The molecular formula is C25H25N3O2. The first kappa shape index (κ1) is 18.7. The minimum Gasteiger partial charge on any atom is -0.472 e. The van der Waals surface area contributed by atoms with Gasteiger partial charge in [0, 0.05) is 45.9 Å². The number of para-hydroxylation sites is 1. The molecule has 5 rings (SSSR count). The molecule has 5 nitrogen and oxygen atoms in total. The highest BCUT2D eigenvalue weighted by molar-refractivity contribution is 5.93. The van der Waals surface area contributed by atoms with Crippen LogP contribution < -0.4 is 5.32 Å². The molecule has 3 heterocycles. The number of fused-ring (bicyclic) bond motifs is 1. The number of likely N-dealkylation sites (tertiary alicyclic amines) is 1. The topological polar surface area (TPSA) is 61.3 Å². The van der Waals surface area contributed by atoms with E-state index in [1.807, 2.05) is 36.4 Å². The lowest BCUT2D eigenvalue weighted by Crippen LogP contribution is -2.37. The van der Waals surface area contributed by atoms with Gasteiger partial charge in [-0.2, -0.15) is 0 Å². The molecule has 2 N–H and O–H groups in total. The maximum atomic E-state index is 12.8. The summed E-state index contributed by atoms with van der Waals surface area (Å²) in [6.07, 6.45) is 5.26. The van der Waals surface area contributed by atoms with E-state index < -0.39 is 0 Å². The number of H-pyrrole nitrogens is 1. The number of furan rings is 1. The first-order valence-corrected chi connectivity index (χ1v) is 10.5. The molecule has 0 bridgehead atoms. The van der Waals surface area contributed by atoms with Crippen LogP contribution in [0.4, 0.5) is 5.69 Å². The molecule has 1 aliphatic heterocycles. The summed E-state index contributed by atoms with van der Waals surface area (Å²) >= 11 is 0. The van der Waals surface area contributed by atoms with Gasteiger partial charge >= 0.3 is 0 Å². The van der Waals surface area contributed by atoms with Crippen LogP contribution >= 0.6 is 0 Å². The molecule has 0 aliphatic carbocycles. The predicted molar refractivity (Wildman–Crippen MR) is 119 cm³/mol. The highest BCUT2D eigenvalue weighted by Gasteiger charge is 2.25. The molecule has 4 aromatic rings. The van der Waals surface area contributed by atoms with E-state index >= 15 is 0 Å². The standard InChI is InChI=1S/C25H25N3O2/c29-25(19-8-11-28(12-9-19)16-18-10-13-30-17-18)26-22-6-3-5-20(14-22)24-15-21-4-1-2-7-23(21)27-24/h1-7,10,13-15,17,19,27H,8-9,11-12,16H2,(H,26,29). The third-order valence-corrected chi connectivity index (χ3v) is 5.92. The predicted octanol–water partition coefficient (Wildman–Crippen LogP) is 5.28. The molecule has 1 amide bonds. The van der Waals surface area contributed by atoms with Gasteiger partial charge in [0.1, 0.15) is 0 Å². The number of aromatic nitrogens is 1. The van der Waals surface area contributed by atoms with Gasteiger partial charge in [-0.15, -0.1) is 0 Å². The largest absolute Gasteiger partial charge is 0.472 e. The molecule has 0 radical (unpaired) electrons. The second-order valence-corrected chi connectivity index (χ2v) is 8.02. The minimum absolute atomic E-state index is 0.0577. The molecule has 0 unspecified atom stereocenters. The second kappa shape index (κ2) is 8.20. The lowest BCUT2D eigenvalue weighted by Gasteiger charge is -2.30. The van der Waals surface area contributed by atoms with E-state index in [9.17, 15) is 4.79 Å². The monoisotopic (exact) mass is 399 g/mol. The molecule has 0 spiro atoms. The van der Waals surface area contributed by atoms with Gasteiger partial charge in [0.25, 0.3) is 0 Å². The van der Waals surface area contributed by atoms with E-state index in [0.717, 1.165) is 54.9 Å². The number of hydrogen-bond donors (Lipinski definition) is 2. The maximum Gasteiger partial charge on any atom is 0.227 e. The van der Waals surface area contributed by atoms with E-state index in [0.29, 0.717) is 0 Å². The summed E-state index contributed by atoms with van der Waals surface area (Å²) in [5.74, 6) is 0.175. The van der Waals surface area contributed by atoms with Crippen molar-refractivity contribution in [3.63, 3.8) is 0 Å². The van der Waals surface area contributed by atoms with Gasteiger partial charge in [-0.05, 0) is 56.3 Å². The Morgan fingerprint density at radius 2 is 1.93 bits per heavy atom. The summed E-state index contributed by atoms with van der Waals surface area (Å²) < 4.78 is 5.15. The number of hydrogen-bond acceptors (Lipinski definition) is 3. The normalized spacial score (nSPS) is 15.5. The summed E-state index contributed by atoms with van der Waals surface area (Å²) in [5, 5.41) is 4.31. The number of anilines is 1. The van der Waals surface area contributed by atoms with Crippen LogP contribution in [-0.2, 0) is 11.3 Å². The summed E-state index contributed by atoms with van der Waals surface area (Å²) in [6, 6.07) is 20.4. The molecule has 1 aliphatic rings. The molecule has 2 aromatic carbocycles. The first-order valence-electron chi connectivity index (χ1n) is 10.5. The van der Waals surface area contributed by atoms with Gasteiger partial charge in [-0.1, -0.05) is 30.3 Å². The molecule has 2 aromatic heterocycles. The van der Waals surface area contributed by atoms with Crippen LogP contribution in [0.1, 0.15) is 18.4 Å². The van der Waals surface area contributed by atoms with E-state index in [1.165, 1.54) is 10.9 Å². The quantitative estimate of drug-likeness (QED) is 0.480. The minimum atomic E-state index is 0.0577. The van der Waals surface area contributed by atoms with Crippen molar-refractivity contribution in [3.8, 4) is 11.3 Å². The van der Waals surface area contributed by atoms with Crippen LogP contribution in [0.25, 0.3) is 22.2 Å². The zero-order chi connectivity index (χ0) is 20.3. The third kappa shape index (κ3) is 4.02. The molecule has 0 atom stereocenters.